The molecule has 0 radical (unpaired) electrons. The number of hydrogen-bond acceptors (Lipinski definition) is 5. The molecule has 0 aliphatic heterocycles. The number of aromatic carboxylic acids is 1. The van der Waals surface area contributed by atoms with E-state index in [2.05, 4.69) is 4.72 Å². The Balaban J connectivity index is 2.86. The highest BCUT2D eigenvalue weighted by molar-refractivity contribution is 7.98. The predicted octanol–water partition coefficient (Wildman–Crippen LogP) is 2.03. The standard InChI is InChI=1S/C11H17NO4S3/c1-7(6-17-3)5-12-19(15,16)10-4-9(11(13)14)18-8(10)2/h4,7,12H,5-6H2,1-3H3,(H,13,14). The molecule has 2 N–H and O–H groups in total. The second kappa shape index (κ2) is 6.74. The van der Waals surface area contributed by atoms with Crippen LogP contribution in [0.15, 0.2) is 11.0 Å². The summed E-state index contributed by atoms with van der Waals surface area (Å²) in [5.41, 5.74) is 0. The molecule has 0 saturated heterocycles. The summed E-state index contributed by atoms with van der Waals surface area (Å²) in [7, 11) is -3.63. The first-order valence-electron chi connectivity index (χ1n) is 5.60. The normalized spacial score (nSPS) is 13.4. The van der Waals surface area contributed by atoms with Gasteiger partial charge in [-0.3, -0.25) is 0 Å². The molecular formula is C11H17NO4S3. The Morgan fingerprint density at radius 2 is 2.21 bits per heavy atom. The van der Waals surface area contributed by atoms with Crippen LogP contribution in [0.2, 0.25) is 0 Å². The molecule has 19 heavy (non-hydrogen) atoms. The fourth-order valence-corrected chi connectivity index (χ4v) is 4.79. The van der Waals surface area contributed by atoms with Crippen molar-refractivity contribution < 1.29 is 18.3 Å². The van der Waals surface area contributed by atoms with Gasteiger partial charge in [-0.15, -0.1) is 11.3 Å². The number of thiophene rings is 1. The quantitative estimate of drug-likeness (QED) is 0.802. The van der Waals surface area contributed by atoms with Gasteiger partial charge in [0.25, 0.3) is 0 Å². The monoisotopic (exact) mass is 323 g/mol. The number of carbonyl (C=O) groups is 1. The van der Waals surface area contributed by atoms with E-state index in [1.54, 1.807) is 18.7 Å². The zero-order valence-corrected chi connectivity index (χ0v) is 13.4. The summed E-state index contributed by atoms with van der Waals surface area (Å²) in [6.07, 6.45) is 1.97. The van der Waals surface area contributed by atoms with E-state index >= 15 is 0 Å². The van der Waals surface area contributed by atoms with Gasteiger partial charge in [-0.05, 0) is 30.9 Å². The van der Waals surface area contributed by atoms with Gasteiger partial charge in [-0.2, -0.15) is 11.8 Å². The number of sulfonamides is 1. The van der Waals surface area contributed by atoms with Crippen molar-refractivity contribution in [1.29, 1.82) is 0 Å². The zero-order valence-electron chi connectivity index (χ0n) is 11.0. The lowest BCUT2D eigenvalue weighted by Gasteiger charge is -2.11. The van der Waals surface area contributed by atoms with E-state index in [0.29, 0.717) is 11.4 Å². The van der Waals surface area contributed by atoms with Crippen LogP contribution in [0, 0.1) is 12.8 Å². The van der Waals surface area contributed by atoms with Crippen LogP contribution in [0.25, 0.3) is 0 Å². The molecule has 0 bridgehead atoms. The summed E-state index contributed by atoms with van der Waals surface area (Å²) in [6, 6.07) is 1.21. The highest BCUT2D eigenvalue weighted by Crippen LogP contribution is 2.25. The molecule has 0 amide bonds. The Hall–Kier alpha value is -0.570. The average molecular weight is 323 g/mol. The maximum Gasteiger partial charge on any atom is 0.345 e. The van der Waals surface area contributed by atoms with E-state index in [1.165, 1.54) is 6.07 Å². The van der Waals surface area contributed by atoms with Gasteiger partial charge >= 0.3 is 5.97 Å². The minimum Gasteiger partial charge on any atom is -0.477 e. The number of hydrogen-bond donors (Lipinski definition) is 2. The first kappa shape index (κ1) is 16.5. The molecule has 0 aliphatic carbocycles. The van der Waals surface area contributed by atoms with Gasteiger partial charge < -0.3 is 5.11 Å². The summed E-state index contributed by atoms with van der Waals surface area (Å²) in [6.45, 7) is 3.92. The van der Waals surface area contributed by atoms with Crippen LogP contribution in [0.4, 0.5) is 0 Å². The third kappa shape index (κ3) is 4.48. The van der Waals surface area contributed by atoms with Crippen molar-refractivity contribution in [2.45, 2.75) is 18.7 Å². The van der Waals surface area contributed by atoms with E-state index < -0.39 is 16.0 Å². The average Bonchev–Trinajstić information content (AvgIpc) is 2.70. The molecule has 0 fully saturated rings. The Labute approximate surface area is 121 Å². The molecule has 5 nitrogen and oxygen atoms in total. The summed E-state index contributed by atoms with van der Waals surface area (Å²) >= 11 is 2.63. The van der Waals surface area contributed by atoms with Gasteiger partial charge in [0.2, 0.25) is 10.0 Å². The van der Waals surface area contributed by atoms with E-state index in [1.807, 2.05) is 13.2 Å². The Morgan fingerprint density at radius 1 is 1.58 bits per heavy atom. The molecule has 1 unspecified atom stereocenters. The highest BCUT2D eigenvalue weighted by atomic mass is 32.2. The van der Waals surface area contributed by atoms with Crippen LogP contribution in [0.3, 0.4) is 0 Å². The van der Waals surface area contributed by atoms with Crippen LogP contribution in [0.1, 0.15) is 21.5 Å². The topological polar surface area (TPSA) is 83.5 Å². The fourth-order valence-electron chi connectivity index (χ4n) is 1.51. The molecule has 1 aromatic rings. The third-order valence-corrected chi connectivity index (χ3v) is 6.07. The Bertz CT molecular complexity index is 550. The number of rotatable bonds is 7. The van der Waals surface area contributed by atoms with E-state index in [9.17, 15) is 13.2 Å². The molecular weight excluding hydrogens is 306 g/mol. The van der Waals surface area contributed by atoms with Gasteiger partial charge in [0.1, 0.15) is 4.88 Å². The van der Waals surface area contributed by atoms with Crippen LogP contribution in [-0.2, 0) is 10.0 Å². The summed E-state index contributed by atoms with van der Waals surface area (Å²) in [4.78, 5) is 11.4. The number of carboxylic acids is 1. The molecule has 8 heteroatoms. The van der Waals surface area contributed by atoms with Gasteiger partial charge in [-0.25, -0.2) is 17.9 Å². The Morgan fingerprint density at radius 3 is 2.68 bits per heavy atom. The van der Waals surface area contributed by atoms with E-state index in [0.717, 1.165) is 17.1 Å². The molecule has 0 saturated carbocycles. The second-order valence-corrected chi connectivity index (χ2v) is 8.15. The molecule has 0 aliphatic rings. The largest absolute Gasteiger partial charge is 0.477 e. The lowest BCUT2D eigenvalue weighted by Crippen LogP contribution is -2.29. The smallest absolute Gasteiger partial charge is 0.345 e. The maximum absolute atomic E-state index is 12.1. The second-order valence-electron chi connectivity index (χ2n) is 4.25. The number of nitrogens with one attached hydrogen (secondary N) is 1. The molecule has 108 valence electrons. The van der Waals surface area contributed by atoms with Gasteiger partial charge in [0, 0.05) is 11.4 Å². The summed E-state index contributed by atoms with van der Waals surface area (Å²) in [5.74, 6) is -0.0149. The zero-order chi connectivity index (χ0) is 14.6. The van der Waals surface area contributed by atoms with Gasteiger partial charge in [0.15, 0.2) is 0 Å². The van der Waals surface area contributed by atoms with Crippen molar-refractivity contribution >= 4 is 39.1 Å². The van der Waals surface area contributed by atoms with E-state index in [4.69, 9.17) is 5.11 Å². The first-order chi connectivity index (χ1) is 8.77. The molecule has 1 aromatic heterocycles. The fraction of sp³-hybridized carbons (Fsp3) is 0.545. The lowest BCUT2D eigenvalue weighted by molar-refractivity contribution is 0.0702. The van der Waals surface area contributed by atoms with Crippen LogP contribution in [-0.4, -0.2) is 38.0 Å². The lowest BCUT2D eigenvalue weighted by atomic mass is 10.2. The minimum atomic E-state index is -3.63. The van der Waals surface area contributed by atoms with E-state index in [-0.39, 0.29) is 15.7 Å². The Kier molecular flexibility index (Phi) is 5.84. The third-order valence-electron chi connectivity index (χ3n) is 2.45. The number of aryl methyl sites for hydroxylation is 1. The highest BCUT2D eigenvalue weighted by Gasteiger charge is 2.22. The van der Waals surface area contributed by atoms with Crippen molar-refractivity contribution in [2.24, 2.45) is 5.92 Å². The van der Waals surface area contributed by atoms with Crippen molar-refractivity contribution in [3.05, 3.63) is 15.8 Å². The molecule has 1 atom stereocenters. The first-order valence-corrected chi connectivity index (χ1v) is 9.29. The summed E-state index contributed by atoms with van der Waals surface area (Å²) < 4.78 is 26.7. The molecule has 0 aromatic carbocycles. The van der Waals surface area contributed by atoms with Gasteiger partial charge in [-0.1, -0.05) is 6.92 Å². The maximum atomic E-state index is 12.1. The molecule has 1 heterocycles. The number of thioether (sulfide) groups is 1. The van der Waals surface area contributed by atoms with Crippen molar-refractivity contribution in [1.82, 2.24) is 4.72 Å². The SMILES string of the molecule is CSCC(C)CNS(=O)(=O)c1cc(C(=O)O)sc1C. The predicted molar refractivity (Wildman–Crippen MR) is 78.7 cm³/mol. The van der Waals surface area contributed by atoms with Crippen LogP contribution < -0.4 is 4.72 Å². The van der Waals surface area contributed by atoms with Crippen LogP contribution in [0.5, 0.6) is 0 Å². The molecule has 0 spiro atoms. The number of carboxylic acid groups (broad SMARTS) is 1. The van der Waals surface area contributed by atoms with Crippen molar-refractivity contribution in [2.75, 3.05) is 18.6 Å². The molecule has 1 rings (SSSR count). The van der Waals surface area contributed by atoms with Crippen LogP contribution >= 0.6 is 23.1 Å². The van der Waals surface area contributed by atoms with Crippen molar-refractivity contribution in [3.63, 3.8) is 0 Å². The van der Waals surface area contributed by atoms with Crippen molar-refractivity contribution in [3.8, 4) is 0 Å². The summed E-state index contributed by atoms with van der Waals surface area (Å²) in [5, 5.41) is 8.87. The van der Waals surface area contributed by atoms with Gasteiger partial charge in [0.05, 0.1) is 4.90 Å². The minimum absolute atomic E-state index is 0.0371.